The molecule has 1 saturated heterocycles. The van der Waals surface area contributed by atoms with Gasteiger partial charge in [-0.2, -0.15) is 5.10 Å². The van der Waals surface area contributed by atoms with Crippen LogP contribution < -0.4 is 10.1 Å². The van der Waals surface area contributed by atoms with Gasteiger partial charge in [0.25, 0.3) is 0 Å². The van der Waals surface area contributed by atoms with Crippen LogP contribution in [0.25, 0.3) is 0 Å². The lowest BCUT2D eigenvalue weighted by Crippen LogP contribution is -2.62. The number of carbonyl (C=O) groups excluding carboxylic acids is 1. The van der Waals surface area contributed by atoms with Crippen molar-refractivity contribution in [1.29, 1.82) is 0 Å². The number of carbonyl (C=O) groups is 1. The zero-order valence-electron chi connectivity index (χ0n) is 19.8. The number of aromatic nitrogens is 3. The highest BCUT2D eigenvalue weighted by Crippen LogP contribution is 2.29. The summed E-state index contributed by atoms with van der Waals surface area (Å²) in [6.07, 6.45) is -1.94. The van der Waals surface area contributed by atoms with E-state index >= 15 is 0 Å². The third-order valence-corrected chi connectivity index (χ3v) is 6.25. The average molecular weight is 495 g/mol. The van der Waals surface area contributed by atoms with Gasteiger partial charge < -0.3 is 34.7 Å². The van der Waals surface area contributed by atoms with Crippen LogP contribution in [-0.2, 0) is 22.7 Å². The Hall–Kier alpha value is -2.31. The molecule has 0 aliphatic carbocycles. The van der Waals surface area contributed by atoms with Crippen molar-refractivity contribution >= 4 is 18.1 Å². The van der Waals surface area contributed by atoms with Crippen LogP contribution in [0.1, 0.15) is 50.7 Å². The summed E-state index contributed by atoms with van der Waals surface area (Å²) < 4.78 is 15.4. The summed E-state index contributed by atoms with van der Waals surface area (Å²) in [5, 5.41) is 37.9. The van der Waals surface area contributed by atoms with Crippen LogP contribution in [0.15, 0.2) is 24.3 Å². The molecule has 1 aromatic carbocycles. The molecule has 188 valence electrons. The Balaban J connectivity index is 1.95. The van der Waals surface area contributed by atoms with Gasteiger partial charge in [-0.05, 0) is 37.7 Å². The first kappa shape index (κ1) is 26.3. The number of hydrogen-bond donors (Lipinski definition) is 4. The molecular weight excluding hydrogens is 460 g/mol. The predicted molar refractivity (Wildman–Crippen MR) is 127 cm³/mol. The Bertz CT molecular complexity index is 1010. The number of ether oxygens (including phenoxy) is 2. The largest absolute Gasteiger partial charge is 0.486 e. The lowest BCUT2D eigenvalue weighted by molar-refractivity contribution is -0.219. The fourth-order valence-corrected chi connectivity index (χ4v) is 4.29. The van der Waals surface area contributed by atoms with Gasteiger partial charge in [-0.3, -0.25) is 4.79 Å². The maximum absolute atomic E-state index is 11.8. The fourth-order valence-electron chi connectivity index (χ4n) is 3.95. The standard InChI is InChI=1S/C23H34N4O6S/c1-4-5-6-11-26-18(13-32-16-9-7-14(2)8-10-16)25-27(23(26)34)22-19(24-15(3)29)21(31)20(30)17(12-28)33-22/h7-10,17,19-22,28,30-31H,4-6,11-13H2,1-3H3,(H,24,29)/t17-,19-,20-,21-,22-/m1/s1. The second kappa shape index (κ2) is 11.9. The minimum absolute atomic E-state index is 0.151. The predicted octanol–water partition coefficient (Wildman–Crippen LogP) is 1.61. The smallest absolute Gasteiger partial charge is 0.217 e. The van der Waals surface area contributed by atoms with E-state index in [-0.39, 0.29) is 6.61 Å². The molecule has 1 fully saturated rings. The van der Waals surface area contributed by atoms with E-state index in [1.807, 2.05) is 35.8 Å². The van der Waals surface area contributed by atoms with E-state index in [9.17, 15) is 20.1 Å². The third-order valence-electron chi connectivity index (χ3n) is 5.85. The normalized spacial score (nSPS) is 24.7. The molecule has 1 aromatic heterocycles. The topological polar surface area (TPSA) is 131 Å². The molecule has 4 N–H and O–H groups in total. The van der Waals surface area contributed by atoms with Crippen LogP contribution >= 0.6 is 12.2 Å². The highest BCUT2D eigenvalue weighted by atomic mass is 32.1. The van der Waals surface area contributed by atoms with E-state index in [1.54, 1.807) is 0 Å². The molecule has 2 aromatic rings. The molecule has 1 amide bonds. The first-order chi connectivity index (χ1) is 16.3. The van der Waals surface area contributed by atoms with Gasteiger partial charge in [0.2, 0.25) is 5.91 Å². The number of nitrogens with zero attached hydrogens (tertiary/aromatic N) is 3. The van der Waals surface area contributed by atoms with Crippen LogP contribution in [0.4, 0.5) is 0 Å². The van der Waals surface area contributed by atoms with Crippen molar-refractivity contribution in [2.45, 2.75) is 83.8 Å². The summed E-state index contributed by atoms with van der Waals surface area (Å²) in [6.45, 7) is 5.66. The maximum Gasteiger partial charge on any atom is 0.217 e. The maximum atomic E-state index is 11.8. The van der Waals surface area contributed by atoms with Crippen molar-refractivity contribution in [3.63, 3.8) is 0 Å². The minimum Gasteiger partial charge on any atom is -0.486 e. The first-order valence-corrected chi connectivity index (χ1v) is 11.9. The number of benzene rings is 1. The molecule has 5 atom stereocenters. The van der Waals surface area contributed by atoms with Gasteiger partial charge in [0.1, 0.15) is 36.7 Å². The Morgan fingerprint density at radius 1 is 1.24 bits per heavy atom. The summed E-state index contributed by atoms with van der Waals surface area (Å²) >= 11 is 5.71. The molecule has 1 aliphatic rings. The van der Waals surface area contributed by atoms with Crippen molar-refractivity contribution < 1.29 is 29.6 Å². The van der Waals surface area contributed by atoms with Gasteiger partial charge in [0, 0.05) is 13.5 Å². The Morgan fingerprint density at radius 3 is 2.56 bits per heavy atom. The molecule has 3 rings (SSSR count). The Labute approximate surface area is 204 Å². The van der Waals surface area contributed by atoms with Crippen LogP contribution in [0.3, 0.4) is 0 Å². The fraction of sp³-hybridized carbons (Fsp3) is 0.609. The number of aliphatic hydroxyl groups is 3. The summed E-state index contributed by atoms with van der Waals surface area (Å²) in [5.74, 6) is 0.840. The summed E-state index contributed by atoms with van der Waals surface area (Å²) in [4.78, 5) is 11.8. The van der Waals surface area contributed by atoms with Crippen molar-refractivity contribution in [3.05, 3.63) is 40.4 Å². The molecule has 11 heteroatoms. The van der Waals surface area contributed by atoms with E-state index in [2.05, 4.69) is 17.3 Å². The second-order valence-electron chi connectivity index (χ2n) is 8.56. The molecular formula is C23H34N4O6S. The minimum atomic E-state index is -1.39. The second-order valence-corrected chi connectivity index (χ2v) is 8.92. The molecule has 0 saturated carbocycles. The number of aryl methyl sites for hydroxylation is 1. The van der Waals surface area contributed by atoms with Crippen LogP contribution in [-0.4, -0.2) is 66.5 Å². The first-order valence-electron chi connectivity index (χ1n) is 11.5. The van der Waals surface area contributed by atoms with Crippen molar-refractivity contribution in [1.82, 2.24) is 19.7 Å². The summed E-state index contributed by atoms with van der Waals surface area (Å²) in [6, 6.07) is 6.65. The molecule has 2 heterocycles. The van der Waals surface area contributed by atoms with Crippen molar-refractivity contribution in [3.8, 4) is 5.75 Å². The zero-order chi connectivity index (χ0) is 24.8. The summed E-state index contributed by atoms with van der Waals surface area (Å²) in [7, 11) is 0. The lowest BCUT2D eigenvalue weighted by Gasteiger charge is -2.42. The number of unbranched alkanes of at least 4 members (excludes halogenated alkanes) is 2. The van der Waals surface area contributed by atoms with E-state index < -0.39 is 43.1 Å². The number of rotatable bonds is 10. The number of amides is 1. The quantitative estimate of drug-likeness (QED) is 0.289. The van der Waals surface area contributed by atoms with Gasteiger partial charge >= 0.3 is 0 Å². The molecule has 10 nitrogen and oxygen atoms in total. The average Bonchev–Trinajstić information content (AvgIpc) is 3.12. The van der Waals surface area contributed by atoms with E-state index in [0.29, 0.717) is 22.9 Å². The molecule has 34 heavy (non-hydrogen) atoms. The molecule has 0 unspecified atom stereocenters. The van der Waals surface area contributed by atoms with Gasteiger partial charge in [0.05, 0.1) is 6.61 Å². The molecule has 0 spiro atoms. The third kappa shape index (κ3) is 6.02. The van der Waals surface area contributed by atoms with Gasteiger partial charge in [-0.25, -0.2) is 4.68 Å². The van der Waals surface area contributed by atoms with Crippen LogP contribution in [0.2, 0.25) is 0 Å². The highest BCUT2D eigenvalue weighted by Gasteiger charge is 2.46. The van der Waals surface area contributed by atoms with E-state index in [0.717, 1.165) is 24.8 Å². The summed E-state index contributed by atoms with van der Waals surface area (Å²) in [5.41, 5.74) is 1.12. The van der Waals surface area contributed by atoms with Gasteiger partial charge in [0.15, 0.2) is 16.8 Å². The molecule has 0 bridgehead atoms. The number of aliphatic hydroxyl groups excluding tert-OH is 3. The lowest BCUT2D eigenvalue weighted by atomic mass is 9.96. The Kier molecular flexibility index (Phi) is 9.20. The molecule has 1 aliphatic heterocycles. The number of nitrogens with one attached hydrogen (secondary N) is 1. The molecule has 0 radical (unpaired) electrons. The van der Waals surface area contributed by atoms with Gasteiger partial charge in [-0.15, -0.1) is 0 Å². The highest BCUT2D eigenvalue weighted by molar-refractivity contribution is 7.71. The monoisotopic (exact) mass is 494 g/mol. The van der Waals surface area contributed by atoms with E-state index in [4.69, 9.17) is 21.7 Å². The zero-order valence-corrected chi connectivity index (χ0v) is 20.6. The van der Waals surface area contributed by atoms with Crippen molar-refractivity contribution in [2.75, 3.05) is 6.61 Å². The van der Waals surface area contributed by atoms with Gasteiger partial charge in [-0.1, -0.05) is 37.5 Å². The van der Waals surface area contributed by atoms with Crippen molar-refractivity contribution in [2.24, 2.45) is 0 Å². The van der Waals surface area contributed by atoms with Crippen LogP contribution in [0, 0.1) is 11.7 Å². The number of hydrogen-bond acceptors (Lipinski definition) is 8. The van der Waals surface area contributed by atoms with Crippen LogP contribution in [0.5, 0.6) is 5.75 Å². The van der Waals surface area contributed by atoms with E-state index in [1.165, 1.54) is 11.6 Å². The Morgan fingerprint density at radius 2 is 1.94 bits per heavy atom. The SMILES string of the molecule is CCCCCn1c(COc2ccc(C)cc2)nn([C@@H]2O[C@H](CO)[C@@H](O)[C@H](O)[C@H]2NC(C)=O)c1=S.